The molecule has 2 aromatic rings. The molecular weight excluding hydrogens is 632 g/mol. The average molecular weight is 679 g/mol. The maximum absolute atomic E-state index is 13.8. The second-order valence-corrected chi connectivity index (χ2v) is 17.5. The van der Waals surface area contributed by atoms with Gasteiger partial charge in [-0.2, -0.15) is 0 Å². The van der Waals surface area contributed by atoms with Crippen LogP contribution >= 0.6 is 0 Å². The fourth-order valence-electron chi connectivity index (χ4n) is 14.9. The van der Waals surface area contributed by atoms with Crippen LogP contribution in [0.15, 0.2) is 59.8 Å². The van der Waals surface area contributed by atoms with Gasteiger partial charge in [0.1, 0.15) is 0 Å². The van der Waals surface area contributed by atoms with Gasteiger partial charge < -0.3 is 35.1 Å². The van der Waals surface area contributed by atoms with Crippen LogP contribution < -0.4 is 10.6 Å². The molecule has 7 fully saturated rings. The van der Waals surface area contributed by atoms with Crippen LogP contribution in [-0.2, 0) is 29.8 Å². The Morgan fingerprint density at radius 2 is 1.88 bits per heavy atom. The zero-order chi connectivity index (χ0) is 33.8. The van der Waals surface area contributed by atoms with Crippen LogP contribution in [0.5, 0.6) is 0 Å². The van der Waals surface area contributed by atoms with Crippen molar-refractivity contribution in [3.8, 4) is 0 Å². The van der Waals surface area contributed by atoms with Crippen molar-refractivity contribution in [3.63, 3.8) is 0 Å². The van der Waals surface area contributed by atoms with Gasteiger partial charge in [0.15, 0.2) is 5.72 Å². The number of hydrogen-bond donors (Lipinski definition) is 4. The minimum atomic E-state index is -0.755. The molecule has 8 aliphatic heterocycles. The van der Waals surface area contributed by atoms with Gasteiger partial charge in [-0.05, 0) is 68.8 Å². The second-order valence-electron chi connectivity index (χ2n) is 17.5. The third-order valence-electron chi connectivity index (χ3n) is 16.4. The topological polar surface area (TPSA) is 119 Å². The monoisotopic (exact) mass is 678 g/mol. The summed E-state index contributed by atoms with van der Waals surface area (Å²) in [5.41, 5.74) is 2.37. The molecule has 10 nitrogen and oxygen atoms in total. The summed E-state index contributed by atoms with van der Waals surface area (Å²) in [6.45, 7) is 6.88. The van der Waals surface area contributed by atoms with Gasteiger partial charge in [0.2, 0.25) is 0 Å². The molecule has 13 atom stereocenters. The van der Waals surface area contributed by atoms with E-state index in [1.807, 2.05) is 19.1 Å². The average Bonchev–Trinajstić information content (AvgIpc) is 3.34. The molecule has 262 valence electrons. The number of hydrogen-bond acceptors (Lipinski definition) is 10. The van der Waals surface area contributed by atoms with E-state index < -0.39 is 39.9 Å². The van der Waals surface area contributed by atoms with Crippen LogP contribution in [0.1, 0.15) is 63.5 Å². The van der Waals surface area contributed by atoms with E-state index in [9.17, 15) is 15.0 Å². The number of rotatable bonds is 3. The van der Waals surface area contributed by atoms with Crippen molar-refractivity contribution in [1.82, 2.24) is 9.80 Å². The van der Waals surface area contributed by atoms with E-state index in [0.717, 1.165) is 61.5 Å². The number of esters is 1. The minimum absolute atomic E-state index is 0.00478. The smallest absolute Gasteiger partial charge is 0.335 e. The van der Waals surface area contributed by atoms with E-state index in [0.29, 0.717) is 24.8 Å². The molecule has 1 saturated carbocycles. The van der Waals surface area contributed by atoms with Crippen molar-refractivity contribution in [2.24, 2.45) is 11.3 Å². The van der Waals surface area contributed by atoms with E-state index in [4.69, 9.17) is 14.2 Å². The Morgan fingerprint density at radius 3 is 2.66 bits per heavy atom. The first-order valence-corrected chi connectivity index (χ1v) is 19.0. The Balaban J connectivity index is 1.08. The SMILES string of the molecule is CCC12CC34CC(C(=O)OC)=C5Nc6ccccc6C5(CCN3C1C1CC3(C(C)O)C5OC5CN5CCC6(c7ccccc7NC16O2)C53)C4O. The lowest BCUT2D eigenvalue weighted by Gasteiger charge is -2.64. The number of ether oxygens (including phenoxy) is 3. The Morgan fingerprint density at radius 1 is 1.10 bits per heavy atom. The molecule has 0 aromatic heterocycles. The summed E-state index contributed by atoms with van der Waals surface area (Å²) in [5, 5.41) is 32.9. The maximum atomic E-state index is 13.8. The minimum Gasteiger partial charge on any atom is -0.466 e. The molecule has 2 aromatic carbocycles. The van der Waals surface area contributed by atoms with E-state index in [-0.39, 0.29) is 41.6 Å². The molecule has 4 spiro atoms. The fourth-order valence-corrected chi connectivity index (χ4v) is 14.9. The molecule has 8 heterocycles. The molecule has 10 aliphatic rings. The first-order chi connectivity index (χ1) is 24.2. The molecule has 2 aliphatic carbocycles. The number of methoxy groups -OCH3 is 1. The highest BCUT2D eigenvalue weighted by Crippen LogP contribution is 2.78. The quantitative estimate of drug-likeness (QED) is 0.285. The summed E-state index contributed by atoms with van der Waals surface area (Å²) in [4.78, 5) is 19.0. The molecule has 2 bridgehead atoms. The molecule has 50 heavy (non-hydrogen) atoms. The van der Waals surface area contributed by atoms with Gasteiger partial charge in [0.25, 0.3) is 0 Å². The van der Waals surface area contributed by atoms with Crippen LogP contribution in [0, 0.1) is 11.3 Å². The van der Waals surface area contributed by atoms with E-state index >= 15 is 0 Å². The van der Waals surface area contributed by atoms with E-state index in [1.165, 1.54) is 12.7 Å². The standard InChI is InChI=1S/C40H46N4O6/c1-4-36-20-35-17-22(32(46)48-3)29-37(34(35)47,23-9-5-7-11-26(23)41-29)13-16-44(35)30(36)25-18-38(21(2)45)31-28(49-31)19-43-15-14-39(33(38)43)24-10-6-8-12-27(24)42-40(25,39)50-36/h5-12,21,25,28,30-31,33-34,41-42,45,47H,4,13-20H2,1-3H3. The van der Waals surface area contributed by atoms with Gasteiger partial charge >= 0.3 is 5.97 Å². The molecule has 13 unspecified atom stereocenters. The lowest BCUT2D eigenvalue weighted by Crippen LogP contribution is -2.77. The van der Waals surface area contributed by atoms with Gasteiger partial charge in [-0.25, -0.2) is 4.79 Å². The number of epoxide rings is 1. The van der Waals surface area contributed by atoms with Crippen molar-refractivity contribution in [2.75, 3.05) is 37.4 Å². The summed E-state index contributed by atoms with van der Waals surface area (Å²) in [7, 11) is 1.46. The van der Waals surface area contributed by atoms with Crippen molar-refractivity contribution in [1.29, 1.82) is 0 Å². The Bertz CT molecular complexity index is 1950. The van der Waals surface area contributed by atoms with Crippen molar-refractivity contribution < 1.29 is 29.2 Å². The van der Waals surface area contributed by atoms with E-state index in [2.05, 4.69) is 63.8 Å². The van der Waals surface area contributed by atoms with Crippen LogP contribution in [-0.4, -0.2) is 106 Å². The number of piperidine rings is 2. The highest BCUT2D eigenvalue weighted by molar-refractivity contribution is 5.93. The van der Waals surface area contributed by atoms with E-state index in [1.54, 1.807) is 0 Å². The van der Waals surface area contributed by atoms with Crippen molar-refractivity contribution >= 4 is 17.3 Å². The molecule has 10 heteroatoms. The number of anilines is 2. The molecule has 4 N–H and O–H groups in total. The zero-order valence-electron chi connectivity index (χ0n) is 28.9. The number of carbonyl (C=O) groups excluding carboxylic acids is 1. The van der Waals surface area contributed by atoms with Crippen molar-refractivity contribution in [3.05, 3.63) is 70.9 Å². The van der Waals surface area contributed by atoms with Crippen molar-refractivity contribution in [2.45, 2.75) is 117 Å². The largest absolute Gasteiger partial charge is 0.466 e. The van der Waals surface area contributed by atoms with Gasteiger partial charge in [-0.1, -0.05) is 43.3 Å². The Labute approximate surface area is 292 Å². The number of para-hydroxylation sites is 2. The normalized spacial score (nSPS) is 49.9. The second kappa shape index (κ2) is 8.78. The summed E-state index contributed by atoms with van der Waals surface area (Å²) >= 11 is 0. The van der Waals surface area contributed by atoms with Gasteiger partial charge in [0, 0.05) is 60.0 Å². The third-order valence-corrected chi connectivity index (χ3v) is 16.4. The van der Waals surface area contributed by atoms with Crippen LogP contribution in [0.2, 0.25) is 0 Å². The van der Waals surface area contributed by atoms with Gasteiger partial charge in [0.05, 0.1) is 59.1 Å². The first-order valence-electron chi connectivity index (χ1n) is 19.0. The highest BCUT2D eigenvalue weighted by Gasteiger charge is 2.88. The molecule has 0 amide bonds. The molecule has 12 rings (SSSR count). The summed E-state index contributed by atoms with van der Waals surface area (Å²) in [5.74, 6) is -0.325. The number of nitrogens with one attached hydrogen (secondary N) is 2. The molecule has 6 saturated heterocycles. The zero-order valence-corrected chi connectivity index (χ0v) is 28.9. The number of aliphatic hydroxyl groups excluding tert-OH is 2. The maximum Gasteiger partial charge on any atom is 0.335 e. The predicted octanol–water partition coefficient (Wildman–Crippen LogP) is 3.24. The lowest BCUT2D eigenvalue weighted by atomic mass is 9.46. The van der Waals surface area contributed by atoms with Crippen LogP contribution in [0.25, 0.3) is 0 Å². The van der Waals surface area contributed by atoms with Gasteiger partial charge in [-0.15, -0.1) is 0 Å². The number of fused-ring (bicyclic) bond motifs is 7. The Kier molecular flexibility index (Phi) is 5.20. The highest BCUT2D eigenvalue weighted by atomic mass is 16.6. The lowest BCUT2D eigenvalue weighted by molar-refractivity contribution is -0.209. The molecule has 0 radical (unpaired) electrons. The predicted molar refractivity (Wildman–Crippen MR) is 183 cm³/mol. The number of benzene rings is 2. The number of nitrogens with zero attached hydrogens (tertiary/aromatic N) is 2. The van der Waals surface area contributed by atoms with Crippen LogP contribution in [0.3, 0.4) is 0 Å². The number of carbonyl (C=O) groups is 1. The summed E-state index contributed by atoms with van der Waals surface area (Å²) in [6, 6.07) is 17.1. The Hall–Kier alpha value is -2.99. The third kappa shape index (κ3) is 2.75. The summed E-state index contributed by atoms with van der Waals surface area (Å²) in [6.07, 6.45) is 3.03. The van der Waals surface area contributed by atoms with Crippen LogP contribution in [0.4, 0.5) is 11.4 Å². The number of aliphatic hydroxyl groups is 2. The summed E-state index contributed by atoms with van der Waals surface area (Å²) < 4.78 is 20.1. The van der Waals surface area contributed by atoms with Gasteiger partial charge in [-0.3, -0.25) is 9.80 Å². The molecular formula is C40H46N4O6. The first kappa shape index (κ1) is 29.6. The fraction of sp³-hybridized carbons (Fsp3) is 0.625.